The third-order valence-electron chi connectivity index (χ3n) is 2.72. The monoisotopic (exact) mass is 226 g/mol. The lowest BCUT2D eigenvalue weighted by molar-refractivity contribution is 0.306. The van der Waals surface area contributed by atoms with Crippen LogP contribution in [0.25, 0.3) is 0 Å². The first kappa shape index (κ1) is 11.3. The van der Waals surface area contributed by atoms with Gasteiger partial charge in [-0.15, -0.1) is 0 Å². The van der Waals surface area contributed by atoms with Gasteiger partial charge in [-0.2, -0.15) is 0 Å². The Balaban J connectivity index is 2.41. The van der Waals surface area contributed by atoms with Crippen LogP contribution in [0.1, 0.15) is 17.5 Å². The van der Waals surface area contributed by atoms with Crippen LogP contribution in [-0.4, -0.2) is 13.2 Å². The topological polar surface area (TPSA) is 35.2 Å². The van der Waals surface area contributed by atoms with Gasteiger partial charge in [-0.1, -0.05) is 0 Å². The van der Waals surface area contributed by atoms with Gasteiger partial charge in [-0.3, -0.25) is 0 Å². The average molecular weight is 226 g/mol. The van der Waals surface area contributed by atoms with Crippen LogP contribution >= 0.6 is 0 Å². The van der Waals surface area contributed by atoms with Gasteiger partial charge >= 0.3 is 0 Å². The molecule has 1 aromatic carbocycles. The molecule has 0 spiro atoms. The first-order chi connectivity index (χ1) is 7.74. The van der Waals surface area contributed by atoms with Crippen LogP contribution in [0.5, 0.6) is 5.75 Å². The smallest absolute Gasteiger partial charge is 0.168 e. The number of hydrogen-bond donors (Lipinski definition) is 1. The van der Waals surface area contributed by atoms with Crippen molar-refractivity contribution in [1.29, 1.82) is 0 Å². The summed E-state index contributed by atoms with van der Waals surface area (Å²) in [5, 5.41) is 0. The van der Waals surface area contributed by atoms with E-state index in [9.17, 15) is 8.78 Å². The molecule has 0 atom stereocenters. The van der Waals surface area contributed by atoms with Crippen molar-refractivity contribution in [3.05, 3.63) is 35.2 Å². The van der Waals surface area contributed by atoms with Gasteiger partial charge in [0.15, 0.2) is 11.6 Å². The Bertz CT molecular complexity index is 393. The molecular weight excluding hydrogens is 212 g/mol. The van der Waals surface area contributed by atoms with E-state index in [4.69, 9.17) is 10.5 Å². The van der Waals surface area contributed by atoms with Gasteiger partial charge in [0.2, 0.25) is 0 Å². The van der Waals surface area contributed by atoms with E-state index in [0.29, 0.717) is 43.5 Å². The van der Waals surface area contributed by atoms with Crippen LogP contribution in [0.2, 0.25) is 0 Å². The lowest BCUT2D eigenvalue weighted by atomic mass is 9.96. The molecule has 0 aromatic heterocycles. The summed E-state index contributed by atoms with van der Waals surface area (Å²) in [4.78, 5) is 0. The highest BCUT2D eigenvalue weighted by atomic mass is 19.1. The van der Waals surface area contributed by atoms with Crippen molar-refractivity contribution in [2.45, 2.75) is 19.3 Å². The Kier molecular flexibility index (Phi) is 3.39. The number of benzene rings is 1. The van der Waals surface area contributed by atoms with Crippen LogP contribution in [-0.2, 0) is 12.8 Å². The minimum Gasteiger partial charge on any atom is -0.490 e. The molecular formula is C12H14F2NO. The molecule has 2 nitrogen and oxygen atoms in total. The molecule has 0 unspecified atom stereocenters. The molecule has 0 saturated carbocycles. The fourth-order valence-corrected chi connectivity index (χ4v) is 1.96. The van der Waals surface area contributed by atoms with E-state index >= 15 is 0 Å². The molecule has 0 aliphatic carbocycles. The third-order valence-corrected chi connectivity index (χ3v) is 2.72. The fourth-order valence-electron chi connectivity index (χ4n) is 1.96. The van der Waals surface area contributed by atoms with Crippen molar-refractivity contribution in [3.8, 4) is 5.75 Å². The van der Waals surface area contributed by atoms with Gasteiger partial charge in [-0.25, -0.2) is 8.78 Å². The highest BCUT2D eigenvalue weighted by Gasteiger charge is 2.22. The maximum absolute atomic E-state index is 13.6. The van der Waals surface area contributed by atoms with Crippen LogP contribution < -0.4 is 10.5 Å². The van der Waals surface area contributed by atoms with Crippen molar-refractivity contribution < 1.29 is 13.5 Å². The van der Waals surface area contributed by atoms with E-state index in [-0.39, 0.29) is 5.75 Å². The van der Waals surface area contributed by atoms with Gasteiger partial charge in [0.1, 0.15) is 5.82 Å². The number of ether oxygens (including phenoxy) is 1. The van der Waals surface area contributed by atoms with Crippen LogP contribution in [0, 0.1) is 18.1 Å². The van der Waals surface area contributed by atoms with E-state index in [1.807, 2.05) is 6.42 Å². The molecule has 1 radical (unpaired) electrons. The first-order valence-electron chi connectivity index (χ1n) is 5.38. The van der Waals surface area contributed by atoms with Crippen molar-refractivity contribution in [2.24, 2.45) is 5.73 Å². The molecule has 0 fully saturated rings. The van der Waals surface area contributed by atoms with Crippen molar-refractivity contribution in [3.63, 3.8) is 0 Å². The number of hydrogen-bond acceptors (Lipinski definition) is 2. The normalized spacial score (nSPS) is 14.4. The second kappa shape index (κ2) is 4.78. The summed E-state index contributed by atoms with van der Waals surface area (Å²) in [6.07, 6.45) is 3.65. The Morgan fingerprint density at radius 1 is 1.31 bits per heavy atom. The molecule has 87 valence electrons. The average Bonchev–Trinajstić information content (AvgIpc) is 2.29. The molecule has 1 aliphatic rings. The van der Waals surface area contributed by atoms with E-state index < -0.39 is 11.6 Å². The molecule has 2 N–H and O–H groups in total. The number of halogens is 2. The van der Waals surface area contributed by atoms with Gasteiger partial charge in [0, 0.05) is 18.1 Å². The zero-order valence-corrected chi connectivity index (χ0v) is 8.93. The SMILES string of the molecule is NCCCc1c(F)cc(F)c2c1C[CH]CO2. The second-order valence-electron chi connectivity index (χ2n) is 3.82. The van der Waals surface area contributed by atoms with Gasteiger partial charge in [-0.05, 0) is 31.4 Å². The number of fused-ring (bicyclic) bond motifs is 1. The maximum atomic E-state index is 13.6. The van der Waals surface area contributed by atoms with E-state index in [1.165, 1.54) is 0 Å². The molecule has 1 aliphatic heterocycles. The van der Waals surface area contributed by atoms with E-state index in [1.54, 1.807) is 0 Å². The van der Waals surface area contributed by atoms with Gasteiger partial charge < -0.3 is 10.5 Å². The first-order valence-corrected chi connectivity index (χ1v) is 5.38. The summed E-state index contributed by atoms with van der Waals surface area (Å²) in [5.41, 5.74) is 6.57. The second-order valence-corrected chi connectivity index (χ2v) is 3.82. The highest BCUT2D eigenvalue weighted by molar-refractivity contribution is 5.44. The van der Waals surface area contributed by atoms with Crippen molar-refractivity contribution >= 4 is 0 Å². The zero-order valence-electron chi connectivity index (χ0n) is 8.93. The largest absolute Gasteiger partial charge is 0.490 e. The van der Waals surface area contributed by atoms with E-state index in [2.05, 4.69) is 0 Å². The summed E-state index contributed by atoms with van der Waals surface area (Å²) in [6, 6.07) is 0.899. The summed E-state index contributed by atoms with van der Waals surface area (Å²) < 4.78 is 32.2. The quantitative estimate of drug-likeness (QED) is 0.855. The molecule has 0 saturated heterocycles. The van der Waals surface area contributed by atoms with Crippen LogP contribution in [0.3, 0.4) is 0 Å². The lowest BCUT2D eigenvalue weighted by Crippen LogP contribution is -2.15. The highest BCUT2D eigenvalue weighted by Crippen LogP contribution is 2.33. The molecule has 16 heavy (non-hydrogen) atoms. The summed E-state index contributed by atoms with van der Waals surface area (Å²) in [5.74, 6) is -0.906. The van der Waals surface area contributed by atoms with Crippen LogP contribution in [0.4, 0.5) is 8.78 Å². The Morgan fingerprint density at radius 3 is 2.88 bits per heavy atom. The number of nitrogens with two attached hydrogens (primary N) is 1. The third kappa shape index (κ3) is 2.02. The lowest BCUT2D eigenvalue weighted by Gasteiger charge is -2.21. The molecule has 1 heterocycles. The fraction of sp³-hybridized carbons (Fsp3) is 0.417. The minimum atomic E-state index is -0.614. The van der Waals surface area contributed by atoms with E-state index in [0.717, 1.165) is 6.07 Å². The minimum absolute atomic E-state index is 0.205. The molecule has 1 aromatic rings. The molecule has 4 heteroatoms. The summed E-state index contributed by atoms with van der Waals surface area (Å²) in [6.45, 7) is 0.877. The Morgan fingerprint density at radius 2 is 2.12 bits per heavy atom. The molecule has 2 rings (SSSR count). The summed E-state index contributed by atoms with van der Waals surface area (Å²) in [7, 11) is 0. The molecule has 0 bridgehead atoms. The predicted molar refractivity (Wildman–Crippen MR) is 57.2 cm³/mol. The van der Waals surface area contributed by atoms with Gasteiger partial charge in [0.25, 0.3) is 0 Å². The Labute approximate surface area is 93.4 Å². The predicted octanol–water partition coefficient (Wildman–Crippen LogP) is 2.00. The maximum Gasteiger partial charge on any atom is 0.168 e. The van der Waals surface area contributed by atoms with Crippen molar-refractivity contribution in [1.82, 2.24) is 0 Å². The Hall–Kier alpha value is -1.16. The molecule has 0 amide bonds. The zero-order chi connectivity index (χ0) is 11.5. The standard InChI is InChI=1S/C12H14F2NO/c13-10-7-11(14)12-9(4-2-6-16-12)8(10)3-1-5-15/h2,7H,1,3-6,15H2. The van der Waals surface area contributed by atoms with Gasteiger partial charge in [0.05, 0.1) is 6.61 Å². The summed E-state index contributed by atoms with van der Waals surface area (Å²) >= 11 is 0. The van der Waals surface area contributed by atoms with Crippen molar-refractivity contribution in [2.75, 3.05) is 13.2 Å². The van der Waals surface area contributed by atoms with Crippen LogP contribution in [0.15, 0.2) is 6.07 Å². The number of rotatable bonds is 3.